The summed E-state index contributed by atoms with van der Waals surface area (Å²) in [6, 6.07) is 2.10. The van der Waals surface area contributed by atoms with Crippen LogP contribution in [0.1, 0.15) is 36.7 Å². The maximum absolute atomic E-state index is 6.31. The van der Waals surface area contributed by atoms with Gasteiger partial charge in [-0.2, -0.15) is 5.10 Å². The maximum Gasteiger partial charge on any atom is 0.150 e. The third-order valence-corrected chi connectivity index (χ3v) is 5.17. The van der Waals surface area contributed by atoms with E-state index in [1.54, 1.807) is 0 Å². The number of ether oxygens (including phenoxy) is 1. The molecule has 0 amide bonds. The summed E-state index contributed by atoms with van der Waals surface area (Å²) in [5.41, 5.74) is 3.13. The first-order valence-electron chi connectivity index (χ1n) is 6.54. The van der Waals surface area contributed by atoms with Crippen molar-refractivity contribution in [3.63, 3.8) is 0 Å². The minimum atomic E-state index is 0.0532. The van der Waals surface area contributed by atoms with Gasteiger partial charge in [-0.3, -0.25) is 0 Å². The van der Waals surface area contributed by atoms with Crippen molar-refractivity contribution in [2.75, 3.05) is 6.61 Å². The first kappa shape index (κ1) is 13.4. The molecular weight excluding hydrogens is 328 g/mol. The number of fused-ring (bicyclic) bond motifs is 1. The second-order valence-electron chi connectivity index (χ2n) is 5.07. The van der Waals surface area contributed by atoms with Crippen molar-refractivity contribution in [1.29, 1.82) is 0 Å². The lowest BCUT2D eigenvalue weighted by Crippen LogP contribution is -2.19. The number of halogens is 2. The molecule has 0 spiro atoms. The first-order valence-corrected chi connectivity index (χ1v) is 7.71. The number of aryl methyl sites for hydroxylation is 2. The molecule has 1 aliphatic heterocycles. The summed E-state index contributed by atoms with van der Waals surface area (Å²) < 4.78 is 8.79. The summed E-state index contributed by atoms with van der Waals surface area (Å²) in [6.45, 7) is 4.85. The first-order chi connectivity index (χ1) is 9.09. The van der Waals surface area contributed by atoms with Crippen molar-refractivity contribution in [3.05, 3.63) is 26.8 Å². The molecule has 0 bridgehead atoms. The highest BCUT2D eigenvalue weighted by Crippen LogP contribution is 2.37. The molecule has 0 aliphatic carbocycles. The molecule has 2 heterocycles. The van der Waals surface area contributed by atoms with E-state index in [1.807, 2.05) is 18.5 Å². The third kappa shape index (κ3) is 2.20. The molecule has 3 nitrogen and oxygen atoms in total. The topological polar surface area (TPSA) is 27.1 Å². The normalized spacial score (nSPS) is 20.1. The van der Waals surface area contributed by atoms with E-state index in [4.69, 9.17) is 16.3 Å². The van der Waals surface area contributed by atoms with Gasteiger partial charge >= 0.3 is 0 Å². The molecule has 1 fully saturated rings. The molecule has 0 radical (unpaired) electrons. The number of aromatic nitrogens is 2. The Hall–Kier alpha value is -0.580. The van der Waals surface area contributed by atoms with Gasteiger partial charge in [0.25, 0.3) is 0 Å². The molecule has 3 rings (SSSR count). The van der Waals surface area contributed by atoms with Crippen molar-refractivity contribution >= 4 is 38.4 Å². The predicted molar refractivity (Wildman–Crippen MR) is 80.8 cm³/mol. The lowest BCUT2D eigenvalue weighted by molar-refractivity contribution is -0.0368. The van der Waals surface area contributed by atoms with E-state index in [9.17, 15) is 0 Å². The molecule has 1 saturated heterocycles. The Bertz CT molecular complexity index is 632. The average molecular weight is 344 g/mol. The van der Waals surface area contributed by atoms with E-state index in [0.717, 1.165) is 51.1 Å². The zero-order chi connectivity index (χ0) is 13.6. The second-order valence-corrected chi connectivity index (χ2v) is 6.24. The molecule has 19 heavy (non-hydrogen) atoms. The monoisotopic (exact) mass is 342 g/mol. The Morgan fingerprint density at radius 3 is 2.89 bits per heavy atom. The Kier molecular flexibility index (Phi) is 3.58. The van der Waals surface area contributed by atoms with E-state index in [2.05, 4.69) is 27.1 Å². The van der Waals surface area contributed by atoms with Crippen LogP contribution in [0, 0.1) is 13.8 Å². The maximum atomic E-state index is 6.31. The third-order valence-electron chi connectivity index (χ3n) is 3.66. The van der Waals surface area contributed by atoms with Crippen LogP contribution < -0.4 is 0 Å². The quantitative estimate of drug-likeness (QED) is 0.746. The Labute approximate surface area is 126 Å². The molecule has 1 aromatic carbocycles. The van der Waals surface area contributed by atoms with Crippen LogP contribution in [0.3, 0.4) is 0 Å². The fourth-order valence-electron chi connectivity index (χ4n) is 2.66. The number of hydrogen-bond acceptors (Lipinski definition) is 2. The van der Waals surface area contributed by atoms with Gasteiger partial charge in [-0.05, 0) is 60.7 Å². The van der Waals surface area contributed by atoms with Gasteiger partial charge in [0.15, 0.2) is 6.23 Å². The highest BCUT2D eigenvalue weighted by Gasteiger charge is 2.22. The van der Waals surface area contributed by atoms with Gasteiger partial charge in [-0.1, -0.05) is 11.6 Å². The lowest BCUT2D eigenvalue weighted by atomic mass is 10.1. The molecule has 2 aromatic rings. The molecule has 1 aromatic heterocycles. The Balaban J connectivity index is 2.21. The van der Waals surface area contributed by atoms with Crippen molar-refractivity contribution in [1.82, 2.24) is 9.78 Å². The van der Waals surface area contributed by atoms with Crippen LogP contribution in [-0.4, -0.2) is 16.4 Å². The zero-order valence-electron chi connectivity index (χ0n) is 11.0. The molecule has 1 aliphatic rings. The summed E-state index contributed by atoms with van der Waals surface area (Å²) in [4.78, 5) is 0. The Morgan fingerprint density at radius 2 is 2.21 bits per heavy atom. The van der Waals surface area contributed by atoms with Crippen LogP contribution in [-0.2, 0) is 4.74 Å². The molecule has 1 unspecified atom stereocenters. The summed E-state index contributed by atoms with van der Waals surface area (Å²) in [5, 5.41) is 6.51. The van der Waals surface area contributed by atoms with Crippen LogP contribution in [0.4, 0.5) is 0 Å². The standard InChI is InChI=1S/C14H16BrClN2O/c1-8-7-10-12(13(15)14(8)16)9(2)17-18(10)11-5-3-4-6-19-11/h7,11H,3-6H2,1-2H3. The van der Waals surface area contributed by atoms with Crippen LogP contribution in [0.5, 0.6) is 0 Å². The summed E-state index contributed by atoms with van der Waals surface area (Å²) >= 11 is 9.90. The average Bonchev–Trinajstić information content (AvgIpc) is 2.74. The minimum absolute atomic E-state index is 0.0532. The molecule has 1 atom stereocenters. The molecule has 5 heteroatoms. The van der Waals surface area contributed by atoms with Gasteiger partial charge in [0.2, 0.25) is 0 Å². The van der Waals surface area contributed by atoms with Crippen LogP contribution in [0.2, 0.25) is 5.02 Å². The van der Waals surface area contributed by atoms with Gasteiger partial charge < -0.3 is 4.74 Å². The minimum Gasteiger partial charge on any atom is -0.356 e. The molecule has 102 valence electrons. The number of nitrogens with zero attached hydrogens (tertiary/aromatic N) is 2. The van der Waals surface area contributed by atoms with E-state index >= 15 is 0 Å². The van der Waals surface area contributed by atoms with Crippen molar-refractivity contribution in [2.24, 2.45) is 0 Å². The van der Waals surface area contributed by atoms with Crippen molar-refractivity contribution in [3.8, 4) is 0 Å². The van der Waals surface area contributed by atoms with E-state index in [-0.39, 0.29) is 6.23 Å². The molecule has 0 N–H and O–H groups in total. The van der Waals surface area contributed by atoms with Crippen molar-refractivity contribution < 1.29 is 4.74 Å². The lowest BCUT2D eigenvalue weighted by Gasteiger charge is -2.23. The predicted octanol–water partition coefficient (Wildman–Crippen LogP) is 4.77. The number of rotatable bonds is 1. The molecular formula is C14H16BrClN2O. The highest BCUT2D eigenvalue weighted by atomic mass is 79.9. The van der Waals surface area contributed by atoms with E-state index in [0.29, 0.717) is 0 Å². The highest BCUT2D eigenvalue weighted by molar-refractivity contribution is 9.10. The zero-order valence-corrected chi connectivity index (χ0v) is 13.4. The van der Waals surface area contributed by atoms with Gasteiger partial charge in [0, 0.05) is 16.5 Å². The van der Waals surface area contributed by atoms with Crippen LogP contribution in [0.15, 0.2) is 10.5 Å². The van der Waals surface area contributed by atoms with E-state index < -0.39 is 0 Å². The smallest absolute Gasteiger partial charge is 0.150 e. The SMILES string of the molecule is Cc1cc2c(c(C)nn2C2CCCCO2)c(Br)c1Cl. The van der Waals surface area contributed by atoms with Gasteiger partial charge in [0.1, 0.15) is 0 Å². The summed E-state index contributed by atoms with van der Waals surface area (Å²) in [5.74, 6) is 0. The fourth-order valence-corrected chi connectivity index (χ4v) is 3.61. The summed E-state index contributed by atoms with van der Waals surface area (Å²) in [7, 11) is 0. The second kappa shape index (κ2) is 5.08. The molecule has 0 saturated carbocycles. The van der Waals surface area contributed by atoms with E-state index in [1.165, 1.54) is 6.42 Å². The van der Waals surface area contributed by atoms with Crippen LogP contribution in [0.25, 0.3) is 10.9 Å². The van der Waals surface area contributed by atoms with Gasteiger partial charge in [-0.25, -0.2) is 4.68 Å². The fraction of sp³-hybridized carbons (Fsp3) is 0.500. The van der Waals surface area contributed by atoms with Gasteiger partial charge in [-0.15, -0.1) is 0 Å². The van der Waals surface area contributed by atoms with Crippen molar-refractivity contribution in [2.45, 2.75) is 39.3 Å². The van der Waals surface area contributed by atoms with Gasteiger partial charge in [0.05, 0.1) is 16.2 Å². The summed E-state index contributed by atoms with van der Waals surface area (Å²) in [6.07, 6.45) is 3.41. The Morgan fingerprint density at radius 1 is 1.42 bits per heavy atom. The van der Waals surface area contributed by atoms with Crippen LogP contribution >= 0.6 is 27.5 Å². The number of hydrogen-bond donors (Lipinski definition) is 0. The largest absolute Gasteiger partial charge is 0.356 e. The number of benzene rings is 1.